The van der Waals surface area contributed by atoms with Crippen LogP contribution in [-0.2, 0) is 4.79 Å². The van der Waals surface area contributed by atoms with Crippen LogP contribution in [-0.4, -0.2) is 43.5 Å². The average molecular weight is 324 g/mol. The van der Waals surface area contributed by atoms with Crippen LogP contribution >= 0.6 is 24.8 Å². The van der Waals surface area contributed by atoms with Gasteiger partial charge in [0.1, 0.15) is 5.82 Å². The van der Waals surface area contributed by atoms with Gasteiger partial charge in [0.2, 0.25) is 5.91 Å². The van der Waals surface area contributed by atoms with E-state index in [0.29, 0.717) is 12.1 Å². The number of carbonyl (C=O) groups is 1. The minimum Gasteiger partial charge on any atom is -0.326 e. The highest BCUT2D eigenvalue weighted by molar-refractivity contribution is 5.90. The Hall–Kier alpha value is -0.880. The van der Waals surface area contributed by atoms with Crippen molar-refractivity contribution < 1.29 is 9.18 Å². The highest BCUT2D eigenvalue weighted by Crippen LogP contribution is 2.09. The second-order valence-corrected chi connectivity index (χ2v) is 4.40. The molecule has 0 spiro atoms. The van der Waals surface area contributed by atoms with E-state index in [1.807, 2.05) is 0 Å². The maximum atomic E-state index is 12.9. The molecular formula is C13H20Cl2FN3O. The molecule has 2 N–H and O–H groups in total. The van der Waals surface area contributed by atoms with Gasteiger partial charge < -0.3 is 15.5 Å². The summed E-state index contributed by atoms with van der Waals surface area (Å²) in [6.45, 7) is 4.67. The van der Waals surface area contributed by atoms with Crippen molar-refractivity contribution in [3.8, 4) is 0 Å². The molecule has 1 heterocycles. The fourth-order valence-electron chi connectivity index (χ4n) is 1.98. The molecule has 20 heavy (non-hydrogen) atoms. The third-order valence-corrected chi connectivity index (χ3v) is 2.97. The van der Waals surface area contributed by atoms with E-state index in [9.17, 15) is 9.18 Å². The molecule has 1 saturated heterocycles. The summed E-state index contributed by atoms with van der Waals surface area (Å²) in [5, 5.41) is 5.97. The highest BCUT2D eigenvalue weighted by Gasteiger charge is 2.11. The number of halogens is 3. The molecule has 0 aromatic heterocycles. The molecule has 1 aliphatic heterocycles. The van der Waals surface area contributed by atoms with Crippen molar-refractivity contribution >= 4 is 36.4 Å². The van der Waals surface area contributed by atoms with Crippen LogP contribution in [0.2, 0.25) is 0 Å². The second-order valence-electron chi connectivity index (χ2n) is 4.40. The first-order valence-electron chi connectivity index (χ1n) is 6.22. The molecule has 0 bridgehead atoms. The summed E-state index contributed by atoms with van der Waals surface area (Å²) < 4.78 is 12.9. The van der Waals surface area contributed by atoms with Crippen LogP contribution in [0.4, 0.5) is 10.1 Å². The van der Waals surface area contributed by atoms with Crippen LogP contribution in [0.5, 0.6) is 0 Å². The highest BCUT2D eigenvalue weighted by atomic mass is 35.5. The minimum absolute atomic E-state index is 0. The first kappa shape index (κ1) is 19.1. The van der Waals surface area contributed by atoms with Crippen molar-refractivity contribution in [2.24, 2.45) is 0 Å². The van der Waals surface area contributed by atoms with Gasteiger partial charge in [-0.15, -0.1) is 24.8 Å². The summed E-state index contributed by atoms with van der Waals surface area (Å²) in [6, 6.07) is 5.95. The first-order chi connectivity index (χ1) is 8.74. The fourth-order valence-corrected chi connectivity index (χ4v) is 1.98. The lowest BCUT2D eigenvalue weighted by atomic mass is 10.2. The summed E-state index contributed by atoms with van der Waals surface area (Å²) in [5.41, 5.74) is 0.514. The summed E-state index contributed by atoms with van der Waals surface area (Å²) in [5.74, 6) is -0.408. The zero-order valence-corrected chi connectivity index (χ0v) is 12.7. The summed E-state index contributed by atoms with van der Waals surface area (Å²) in [6.07, 6.45) is 0.441. The molecule has 1 aromatic carbocycles. The number of rotatable bonds is 4. The van der Waals surface area contributed by atoms with Gasteiger partial charge in [0.05, 0.1) is 0 Å². The molecular weight excluding hydrogens is 304 g/mol. The lowest BCUT2D eigenvalue weighted by molar-refractivity contribution is -0.116. The van der Waals surface area contributed by atoms with E-state index in [0.717, 1.165) is 32.7 Å². The van der Waals surface area contributed by atoms with Crippen molar-refractivity contribution in [3.05, 3.63) is 30.1 Å². The number of amides is 1. The zero-order valence-electron chi connectivity index (χ0n) is 11.1. The summed E-state index contributed by atoms with van der Waals surface area (Å²) >= 11 is 0. The average Bonchev–Trinajstić information content (AvgIpc) is 2.38. The van der Waals surface area contributed by atoms with E-state index < -0.39 is 0 Å². The molecule has 1 fully saturated rings. The smallest absolute Gasteiger partial charge is 0.225 e. The maximum absolute atomic E-state index is 12.9. The Labute approximate surface area is 130 Å². The normalized spacial score (nSPS) is 14.8. The summed E-state index contributed by atoms with van der Waals surface area (Å²) in [4.78, 5) is 13.9. The Morgan fingerprint density at radius 3 is 2.65 bits per heavy atom. The SMILES string of the molecule is Cl.Cl.O=C(CCN1CCNCC1)Nc1cccc(F)c1. The van der Waals surface area contributed by atoms with Crippen molar-refractivity contribution in [1.29, 1.82) is 0 Å². The largest absolute Gasteiger partial charge is 0.326 e. The Balaban J connectivity index is 0.00000180. The molecule has 7 heteroatoms. The molecule has 0 unspecified atom stereocenters. The molecule has 0 aliphatic carbocycles. The van der Waals surface area contributed by atoms with E-state index >= 15 is 0 Å². The molecule has 1 amide bonds. The number of hydrogen-bond donors (Lipinski definition) is 2. The number of nitrogens with zero attached hydrogens (tertiary/aromatic N) is 1. The fraction of sp³-hybridized carbons (Fsp3) is 0.462. The number of anilines is 1. The van der Waals surface area contributed by atoms with Gasteiger partial charge in [-0.3, -0.25) is 4.79 Å². The number of carbonyl (C=O) groups excluding carboxylic acids is 1. The Morgan fingerprint density at radius 1 is 1.30 bits per heavy atom. The van der Waals surface area contributed by atoms with Gasteiger partial charge in [0, 0.05) is 44.8 Å². The van der Waals surface area contributed by atoms with Gasteiger partial charge in [0.25, 0.3) is 0 Å². The van der Waals surface area contributed by atoms with E-state index in [4.69, 9.17) is 0 Å². The van der Waals surface area contributed by atoms with Crippen LogP contribution in [0.1, 0.15) is 6.42 Å². The van der Waals surface area contributed by atoms with Crippen LogP contribution in [0.25, 0.3) is 0 Å². The standard InChI is InChI=1S/C13H18FN3O.2ClH/c14-11-2-1-3-12(10-11)16-13(18)4-7-17-8-5-15-6-9-17;;/h1-3,10,15H,4-9H2,(H,16,18);2*1H. The lowest BCUT2D eigenvalue weighted by Gasteiger charge is -2.26. The monoisotopic (exact) mass is 323 g/mol. The number of nitrogens with one attached hydrogen (secondary N) is 2. The van der Waals surface area contributed by atoms with Crippen molar-refractivity contribution in [2.45, 2.75) is 6.42 Å². The molecule has 1 aliphatic rings. The van der Waals surface area contributed by atoms with Gasteiger partial charge >= 0.3 is 0 Å². The van der Waals surface area contributed by atoms with E-state index in [1.165, 1.54) is 12.1 Å². The molecule has 4 nitrogen and oxygen atoms in total. The molecule has 2 rings (SSSR count). The first-order valence-corrected chi connectivity index (χ1v) is 6.22. The predicted molar refractivity (Wildman–Crippen MR) is 83.5 cm³/mol. The topological polar surface area (TPSA) is 44.4 Å². The van der Waals surface area contributed by atoms with Crippen molar-refractivity contribution in [3.63, 3.8) is 0 Å². The van der Waals surface area contributed by atoms with Gasteiger partial charge in [-0.1, -0.05) is 6.07 Å². The maximum Gasteiger partial charge on any atom is 0.225 e. The predicted octanol–water partition coefficient (Wildman–Crippen LogP) is 1.90. The van der Waals surface area contributed by atoms with Gasteiger partial charge in [-0.05, 0) is 18.2 Å². The third kappa shape index (κ3) is 6.52. The van der Waals surface area contributed by atoms with Gasteiger partial charge in [-0.25, -0.2) is 4.39 Å². The van der Waals surface area contributed by atoms with Gasteiger partial charge in [0.15, 0.2) is 0 Å². The number of benzene rings is 1. The number of piperazine rings is 1. The van der Waals surface area contributed by atoms with E-state index in [-0.39, 0.29) is 36.5 Å². The van der Waals surface area contributed by atoms with Crippen LogP contribution < -0.4 is 10.6 Å². The Kier molecular flexibility index (Phi) is 9.50. The van der Waals surface area contributed by atoms with E-state index in [2.05, 4.69) is 15.5 Å². The zero-order chi connectivity index (χ0) is 12.8. The Bertz CT molecular complexity index is 414. The molecule has 0 atom stereocenters. The molecule has 114 valence electrons. The molecule has 1 aromatic rings. The summed E-state index contributed by atoms with van der Waals surface area (Å²) in [7, 11) is 0. The molecule has 0 radical (unpaired) electrons. The Morgan fingerprint density at radius 2 is 2.00 bits per heavy atom. The quantitative estimate of drug-likeness (QED) is 0.889. The van der Waals surface area contributed by atoms with Gasteiger partial charge in [-0.2, -0.15) is 0 Å². The van der Waals surface area contributed by atoms with E-state index in [1.54, 1.807) is 12.1 Å². The van der Waals surface area contributed by atoms with Crippen LogP contribution in [0.3, 0.4) is 0 Å². The number of hydrogen-bond acceptors (Lipinski definition) is 3. The van der Waals surface area contributed by atoms with Crippen LogP contribution in [0.15, 0.2) is 24.3 Å². The van der Waals surface area contributed by atoms with Crippen LogP contribution in [0, 0.1) is 5.82 Å². The second kappa shape index (κ2) is 9.94. The third-order valence-electron chi connectivity index (χ3n) is 2.97. The van der Waals surface area contributed by atoms with Crippen molar-refractivity contribution in [2.75, 3.05) is 38.0 Å². The van der Waals surface area contributed by atoms with Crippen molar-refractivity contribution in [1.82, 2.24) is 10.2 Å². The lowest BCUT2D eigenvalue weighted by Crippen LogP contribution is -2.44. The molecule has 0 saturated carbocycles. The minimum atomic E-state index is -0.338.